The molecule has 0 bridgehead atoms. The Balaban J connectivity index is 2.25. The SMILES string of the molecule is CC1(C)NC(=O)N(CCSCCC(N)C(=O)O)C1=O. The molecule has 19 heavy (non-hydrogen) atoms. The molecule has 1 heterocycles. The van der Waals surface area contributed by atoms with Crippen molar-refractivity contribution in [3.05, 3.63) is 0 Å². The topological polar surface area (TPSA) is 113 Å². The zero-order valence-electron chi connectivity index (χ0n) is 11.0. The van der Waals surface area contributed by atoms with Crippen LogP contribution in [0.2, 0.25) is 0 Å². The number of nitrogens with two attached hydrogens (primary N) is 1. The van der Waals surface area contributed by atoms with Crippen LogP contribution in [0.3, 0.4) is 0 Å². The first-order chi connectivity index (χ1) is 8.75. The van der Waals surface area contributed by atoms with E-state index in [1.807, 2.05) is 0 Å². The molecule has 0 saturated carbocycles. The van der Waals surface area contributed by atoms with E-state index >= 15 is 0 Å². The Bertz CT molecular complexity index is 386. The molecule has 0 aromatic heterocycles. The predicted molar refractivity (Wildman–Crippen MR) is 71.9 cm³/mol. The maximum Gasteiger partial charge on any atom is 0.325 e. The minimum absolute atomic E-state index is 0.236. The summed E-state index contributed by atoms with van der Waals surface area (Å²) in [5.74, 6) is -0.0981. The zero-order valence-corrected chi connectivity index (χ0v) is 11.8. The summed E-state index contributed by atoms with van der Waals surface area (Å²) >= 11 is 1.47. The molecule has 1 rings (SSSR count). The predicted octanol–water partition coefficient (Wildman–Crippen LogP) is -0.148. The van der Waals surface area contributed by atoms with Gasteiger partial charge < -0.3 is 16.2 Å². The fourth-order valence-electron chi connectivity index (χ4n) is 1.61. The van der Waals surface area contributed by atoms with Crippen molar-refractivity contribution in [2.45, 2.75) is 31.8 Å². The van der Waals surface area contributed by atoms with Crippen LogP contribution in [0.4, 0.5) is 4.79 Å². The fourth-order valence-corrected chi connectivity index (χ4v) is 2.55. The molecule has 0 aromatic carbocycles. The highest BCUT2D eigenvalue weighted by atomic mass is 32.2. The molecule has 1 atom stereocenters. The monoisotopic (exact) mass is 289 g/mol. The lowest BCUT2D eigenvalue weighted by Gasteiger charge is -2.15. The highest BCUT2D eigenvalue weighted by molar-refractivity contribution is 7.99. The van der Waals surface area contributed by atoms with Crippen LogP contribution in [0.25, 0.3) is 0 Å². The number of carbonyl (C=O) groups is 3. The van der Waals surface area contributed by atoms with Crippen LogP contribution in [0.15, 0.2) is 0 Å². The van der Waals surface area contributed by atoms with Gasteiger partial charge in [-0.25, -0.2) is 4.79 Å². The van der Waals surface area contributed by atoms with Crippen LogP contribution in [0.1, 0.15) is 20.3 Å². The van der Waals surface area contributed by atoms with Gasteiger partial charge in [0.15, 0.2) is 0 Å². The lowest BCUT2D eigenvalue weighted by Crippen LogP contribution is -2.40. The van der Waals surface area contributed by atoms with Crippen molar-refractivity contribution in [2.75, 3.05) is 18.1 Å². The molecule has 1 unspecified atom stereocenters. The average molecular weight is 289 g/mol. The van der Waals surface area contributed by atoms with Gasteiger partial charge in [-0.1, -0.05) is 0 Å². The first-order valence-corrected chi connectivity index (χ1v) is 7.11. The number of rotatable bonds is 7. The molecule has 1 aliphatic rings. The third kappa shape index (κ3) is 4.10. The number of imide groups is 1. The smallest absolute Gasteiger partial charge is 0.325 e. The number of carboxylic acids is 1. The molecule has 0 aromatic rings. The van der Waals surface area contributed by atoms with Crippen LogP contribution in [0, 0.1) is 0 Å². The van der Waals surface area contributed by atoms with Gasteiger partial charge in [0.2, 0.25) is 0 Å². The van der Waals surface area contributed by atoms with Gasteiger partial charge in [0.05, 0.1) is 0 Å². The summed E-state index contributed by atoms with van der Waals surface area (Å²) in [6.07, 6.45) is 0.367. The van der Waals surface area contributed by atoms with Crippen molar-refractivity contribution in [1.29, 1.82) is 0 Å². The van der Waals surface area contributed by atoms with Gasteiger partial charge in [-0.15, -0.1) is 0 Å². The first-order valence-electron chi connectivity index (χ1n) is 5.96. The molecule has 0 aliphatic carbocycles. The average Bonchev–Trinajstić information content (AvgIpc) is 2.49. The highest BCUT2D eigenvalue weighted by Gasteiger charge is 2.43. The molecular weight excluding hydrogens is 270 g/mol. The summed E-state index contributed by atoms with van der Waals surface area (Å²) in [6.45, 7) is 3.64. The number of hydrogen-bond acceptors (Lipinski definition) is 5. The molecule has 0 radical (unpaired) electrons. The minimum Gasteiger partial charge on any atom is -0.480 e. The number of hydrogen-bond donors (Lipinski definition) is 3. The van der Waals surface area contributed by atoms with Crippen molar-refractivity contribution >= 4 is 29.7 Å². The molecular formula is C11H19N3O4S. The number of nitrogens with zero attached hydrogens (tertiary/aromatic N) is 1. The third-order valence-corrected chi connectivity index (χ3v) is 3.79. The Morgan fingerprint density at radius 1 is 1.47 bits per heavy atom. The van der Waals surface area contributed by atoms with Gasteiger partial charge >= 0.3 is 12.0 Å². The Hall–Kier alpha value is -1.28. The number of amides is 3. The number of carbonyl (C=O) groups excluding carboxylic acids is 2. The molecule has 4 N–H and O–H groups in total. The molecule has 8 heteroatoms. The normalized spacial score (nSPS) is 19.4. The van der Waals surface area contributed by atoms with E-state index in [9.17, 15) is 14.4 Å². The van der Waals surface area contributed by atoms with Crippen LogP contribution >= 0.6 is 11.8 Å². The fraction of sp³-hybridized carbons (Fsp3) is 0.727. The summed E-state index contributed by atoms with van der Waals surface area (Å²) in [6, 6.07) is -1.24. The maximum absolute atomic E-state index is 11.8. The Morgan fingerprint density at radius 2 is 2.11 bits per heavy atom. The van der Waals surface area contributed by atoms with Crippen molar-refractivity contribution in [3.8, 4) is 0 Å². The quantitative estimate of drug-likeness (QED) is 0.444. The van der Waals surface area contributed by atoms with Crippen LogP contribution in [-0.2, 0) is 9.59 Å². The number of carboxylic acid groups (broad SMARTS) is 1. The minimum atomic E-state index is -1.02. The van der Waals surface area contributed by atoms with E-state index in [0.717, 1.165) is 0 Å². The van der Waals surface area contributed by atoms with Crippen LogP contribution in [0.5, 0.6) is 0 Å². The van der Waals surface area contributed by atoms with E-state index in [1.165, 1.54) is 16.7 Å². The lowest BCUT2D eigenvalue weighted by atomic mass is 10.1. The molecule has 3 amide bonds. The maximum atomic E-state index is 11.8. The van der Waals surface area contributed by atoms with Crippen molar-refractivity contribution in [3.63, 3.8) is 0 Å². The molecule has 108 valence electrons. The van der Waals surface area contributed by atoms with Gasteiger partial charge in [0.1, 0.15) is 11.6 Å². The standard InChI is InChI=1S/C11H19N3O4S/c1-11(2)9(17)14(10(18)13-11)4-6-19-5-3-7(12)8(15)16/h7H,3-6,12H2,1-2H3,(H,13,18)(H,15,16). The second-order valence-corrected chi connectivity index (χ2v) is 6.08. The van der Waals surface area contributed by atoms with E-state index in [4.69, 9.17) is 10.8 Å². The first kappa shape index (κ1) is 15.8. The summed E-state index contributed by atoms with van der Waals surface area (Å²) < 4.78 is 0. The summed E-state index contributed by atoms with van der Waals surface area (Å²) in [4.78, 5) is 35.1. The largest absolute Gasteiger partial charge is 0.480 e. The van der Waals surface area contributed by atoms with E-state index < -0.39 is 17.6 Å². The second kappa shape index (κ2) is 6.25. The summed E-state index contributed by atoms with van der Waals surface area (Å²) in [5.41, 5.74) is 4.52. The molecule has 1 saturated heterocycles. The lowest BCUT2D eigenvalue weighted by molar-refractivity contribution is -0.138. The van der Waals surface area contributed by atoms with Gasteiger partial charge in [-0.05, 0) is 26.0 Å². The van der Waals surface area contributed by atoms with Gasteiger partial charge in [-0.3, -0.25) is 14.5 Å². The molecule has 7 nitrogen and oxygen atoms in total. The van der Waals surface area contributed by atoms with Crippen LogP contribution < -0.4 is 11.1 Å². The number of thioether (sulfide) groups is 1. The van der Waals surface area contributed by atoms with Gasteiger partial charge in [-0.2, -0.15) is 11.8 Å². The number of aliphatic carboxylic acids is 1. The van der Waals surface area contributed by atoms with Gasteiger partial charge in [0, 0.05) is 12.3 Å². The zero-order chi connectivity index (χ0) is 14.6. The van der Waals surface area contributed by atoms with Crippen molar-refractivity contribution in [1.82, 2.24) is 10.2 Å². The molecule has 1 aliphatic heterocycles. The Morgan fingerprint density at radius 3 is 2.58 bits per heavy atom. The summed E-state index contributed by atoms with van der Waals surface area (Å²) in [7, 11) is 0. The van der Waals surface area contributed by atoms with Gasteiger partial charge in [0.25, 0.3) is 5.91 Å². The van der Waals surface area contributed by atoms with E-state index in [1.54, 1.807) is 13.8 Å². The Labute approximate surface area is 115 Å². The van der Waals surface area contributed by atoms with E-state index in [-0.39, 0.29) is 11.9 Å². The number of urea groups is 1. The highest BCUT2D eigenvalue weighted by Crippen LogP contribution is 2.17. The Kier molecular flexibility index (Phi) is 5.19. The van der Waals surface area contributed by atoms with E-state index in [0.29, 0.717) is 24.5 Å². The number of nitrogens with one attached hydrogen (secondary N) is 1. The van der Waals surface area contributed by atoms with E-state index in [2.05, 4.69) is 5.32 Å². The second-order valence-electron chi connectivity index (χ2n) is 4.86. The summed E-state index contributed by atoms with van der Waals surface area (Å²) in [5, 5.41) is 11.2. The third-order valence-electron chi connectivity index (χ3n) is 2.79. The van der Waals surface area contributed by atoms with Crippen LogP contribution in [-0.4, -0.2) is 57.5 Å². The van der Waals surface area contributed by atoms with Crippen molar-refractivity contribution < 1.29 is 19.5 Å². The molecule has 0 spiro atoms. The molecule has 1 fully saturated rings. The van der Waals surface area contributed by atoms with Crippen molar-refractivity contribution in [2.24, 2.45) is 5.73 Å².